The van der Waals surface area contributed by atoms with Gasteiger partial charge in [-0.2, -0.15) is 0 Å². The average Bonchev–Trinajstić information content (AvgIpc) is 2.34. The van der Waals surface area contributed by atoms with E-state index < -0.39 is 5.97 Å². The van der Waals surface area contributed by atoms with Crippen LogP contribution in [0.2, 0.25) is 0 Å². The average molecular weight is 270 g/mol. The Kier molecular flexibility index (Phi) is 5.20. The Morgan fingerprint density at radius 3 is 2.21 bits per heavy atom. The Morgan fingerprint density at radius 1 is 1.26 bits per heavy atom. The van der Waals surface area contributed by atoms with Crippen molar-refractivity contribution in [3.63, 3.8) is 0 Å². The summed E-state index contributed by atoms with van der Waals surface area (Å²) < 4.78 is 0. The molecule has 0 aromatic rings. The Labute approximate surface area is 115 Å². The monoisotopic (exact) mass is 270 g/mol. The van der Waals surface area contributed by atoms with E-state index in [0.717, 1.165) is 25.9 Å². The molecule has 0 radical (unpaired) electrons. The van der Waals surface area contributed by atoms with Gasteiger partial charge in [0.05, 0.1) is 6.42 Å². The van der Waals surface area contributed by atoms with Crippen molar-refractivity contribution in [3.05, 3.63) is 0 Å². The second kappa shape index (κ2) is 6.26. The lowest BCUT2D eigenvalue weighted by Gasteiger charge is -2.39. The number of carbonyl (C=O) groups excluding carboxylic acids is 1. The van der Waals surface area contributed by atoms with Gasteiger partial charge < -0.3 is 14.9 Å². The molecule has 110 valence electrons. The molecule has 0 atom stereocenters. The third-order valence-electron chi connectivity index (χ3n) is 3.98. The minimum absolute atomic E-state index is 0.000691. The number of aliphatic carboxylic acids is 1. The van der Waals surface area contributed by atoms with E-state index in [-0.39, 0.29) is 19.0 Å². The van der Waals surface area contributed by atoms with Crippen molar-refractivity contribution in [2.24, 2.45) is 11.3 Å². The van der Waals surface area contributed by atoms with Crippen molar-refractivity contribution >= 4 is 12.0 Å². The number of amides is 2. The molecule has 2 amide bonds. The molecule has 0 saturated carbocycles. The fraction of sp³-hybridized carbons (Fsp3) is 0.857. The van der Waals surface area contributed by atoms with Gasteiger partial charge in [0.25, 0.3) is 0 Å². The molecule has 19 heavy (non-hydrogen) atoms. The van der Waals surface area contributed by atoms with Crippen LogP contribution in [-0.2, 0) is 4.79 Å². The maximum Gasteiger partial charge on any atom is 0.319 e. The second-order valence-electron chi connectivity index (χ2n) is 6.48. The van der Waals surface area contributed by atoms with Crippen molar-refractivity contribution in [1.29, 1.82) is 0 Å². The molecule has 0 aromatic heterocycles. The summed E-state index contributed by atoms with van der Waals surface area (Å²) >= 11 is 0. The molecule has 0 spiro atoms. The van der Waals surface area contributed by atoms with Crippen molar-refractivity contribution < 1.29 is 14.7 Å². The molecule has 0 bridgehead atoms. The first-order valence-corrected chi connectivity index (χ1v) is 6.93. The molecule has 5 heteroatoms. The smallest absolute Gasteiger partial charge is 0.319 e. The first-order chi connectivity index (χ1) is 8.71. The van der Waals surface area contributed by atoms with Crippen LogP contribution in [0.3, 0.4) is 0 Å². The van der Waals surface area contributed by atoms with Gasteiger partial charge >= 0.3 is 12.0 Å². The number of carbonyl (C=O) groups is 2. The van der Waals surface area contributed by atoms with E-state index in [2.05, 4.69) is 20.8 Å². The van der Waals surface area contributed by atoms with Crippen LogP contribution in [0.4, 0.5) is 4.79 Å². The molecule has 1 aliphatic heterocycles. The van der Waals surface area contributed by atoms with Gasteiger partial charge in [0.15, 0.2) is 0 Å². The number of likely N-dealkylation sites (tertiary alicyclic amines) is 1. The van der Waals surface area contributed by atoms with Crippen molar-refractivity contribution in [1.82, 2.24) is 9.80 Å². The number of hydrogen-bond donors (Lipinski definition) is 1. The van der Waals surface area contributed by atoms with Crippen LogP contribution >= 0.6 is 0 Å². The number of carboxylic acid groups (broad SMARTS) is 1. The van der Waals surface area contributed by atoms with E-state index in [4.69, 9.17) is 5.11 Å². The Hall–Kier alpha value is -1.26. The number of rotatable bonds is 3. The zero-order valence-corrected chi connectivity index (χ0v) is 12.5. The number of urea groups is 1. The van der Waals surface area contributed by atoms with Crippen LogP contribution in [0.25, 0.3) is 0 Å². The topological polar surface area (TPSA) is 60.9 Å². The lowest BCUT2D eigenvalue weighted by Crippen LogP contribution is -2.47. The molecule has 0 unspecified atom stereocenters. The highest BCUT2D eigenvalue weighted by Gasteiger charge is 2.31. The van der Waals surface area contributed by atoms with Crippen molar-refractivity contribution in [2.45, 2.75) is 40.0 Å². The maximum absolute atomic E-state index is 12.1. The van der Waals surface area contributed by atoms with E-state index in [1.165, 1.54) is 4.90 Å². The summed E-state index contributed by atoms with van der Waals surface area (Å²) in [5.74, 6) is -0.216. The van der Waals surface area contributed by atoms with Crippen LogP contribution < -0.4 is 0 Å². The molecule has 0 aliphatic carbocycles. The molecular weight excluding hydrogens is 244 g/mol. The van der Waals surface area contributed by atoms with Gasteiger partial charge in [-0.15, -0.1) is 0 Å². The van der Waals surface area contributed by atoms with E-state index >= 15 is 0 Å². The number of carboxylic acids is 1. The molecule has 1 N–H and O–H groups in total. The van der Waals surface area contributed by atoms with Gasteiger partial charge in [-0.05, 0) is 24.2 Å². The van der Waals surface area contributed by atoms with Gasteiger partial charge in [0.2, 0.25) is 0 Å². The van der Waals surface area contributed by atoms with Crippen LogP contribution in [0, 0.1) is 11.3 Å². The molecule has 0 aromatic carbocycles. The molecule has 1 rings (SSSR count). The van der Waals surface area contributed by atoms with E-state index in [0.29, 0.717) is 11.3 Å². The van der Waals surface area contributed by atoms with E-state index in [9.17, 15) is 9.59 Å². The third-order valence-corrected chi connectivity index (χ3v) is 3.98. The van der Waals surface area contributed by atoms with Crippen LogP contribution in [0.15, 0.2) is 0 Å². The largest absolute Gasteiger partial charge is 0.481 e. The summed E-state index contributed by atoms with van der Waals surface area (Å²) in [6.45, 7) is 8.56. The van der Waals surface area contributed by atoms with Crippen molar-refractivity contribution in [2.75, 3.05) is 26.7 Å². The zero-order chi connectivity index (χ0) is 14.6. The van der Waals surface area contributed by atoms with Crippen LogP contribution in [0.5, 0.6) is 0 Å². The molecule has 1 heterocycles. The molecular formula is C14H26N2O3. The van der Waals surface area contributed by atoms with Crippen LogP contribution in [-0.4, -0.2) is 53.6 Å². The summed E-state index contributed by atoms with van der Waals surface area (Å²) in [5, 5.41) is 8.63. The van der Waals surface area contributed by atoms with Crippen LogP contribution in [0.1, 0.15) is 40.0 Å². The Bertz CT molecular complexity index is 328. The SMILES string of the molecule is CN(CCC(=O)O)C(=O)N1CCC(C(C)(C)C)CC1. The highest BCUT2D eigenvalue weighted by Crippen LogP contribution is 2.34. The molecule has 1 fully saturated rings. The Morgan fingerprint density at radius 2 is 1.79 bits per heavy atom. The van der Waals surface area contributed by atoms with Gasteiger partial charge in [-0.3, -0.25) is 4.79 Å². The summed E-state index contributed by atoms with van der Waals surface area (Å²) in [7, 11) is 1.67. The summed E-state index contributed by atoms with van der Waals surface area (Å²) in [5.41, 5.74) is 0.296. The van der Waals surface area contributed by atoms with Gasteiger partial charge in [0.1, 0.15) is 0 Å². The Balaban J connectivity index is 2.42. The van der Waals surface area contributed by atoms with Crippen molar-refractivity contribution in [3.8, 4) is 0 Å². The van der Waals surface area contributed by atoms with E-state index in [1.807, 2.05) is 4.90 Å². The summed E-state index contributed by atoms with van der Waals surface area (Å²) in [6, 6.07) is -0.0476. The minimum Gasteiger partial charge on any atom is -0.481 e. The predicted octanol–water partition coefficient (Wildman–Crippen LogP) is 2.27. The number of piperidine rings is 1. The van der Waals surface area contributed by atoms with Gasteiger partial charge in [-0.25, -0.2) is 4.79 Å². The fourth-order valence-electron chi connectivity index (χ4n) is 2.54. The second-order valence-corrected chi connectivity index (χ2v) is 6.48. The fourth-order valence-corrected chi connectivity index (χ4v) is 2.54. The number of hydrogen-bond acceptors (Lipinski definition) is 2. The normalized spacial score (nSPS) is 17.4. The first kappa shape index (κ1) is 15.8. The molecule has 1 aliphatic rings. The van der Waals surface area contributed by atoms with E-state index in [1.54, 1.807) is 7.05 Å². The first-order valence-electron chi connectivity index (χ1n) is 6.93. The van der Waals surface area contributed by atoms with Gasteiger partial charge in [-0.1, -0.05) is 20.8 Å². The summed E-state index contributed by atoms with van der Waals surface area (Å²) in [4.78, 5) is 26.0. The highest BCUT2D eigenvalue weighted by atomic mass is 16.4. The molecule has 5 nitrogen and oxygen atoms in total. The predicted molar refractivity (Wildman–Crippen MR) is 74.0 cm³/mol. The van der Waals surface area contributed by atoms with Gasteiger partial charge in [0, 0.05) is 26.7 Å². The maximum atomic E-state index is 12.1. The molecule has 1 saturated heterocycles. The zero-order valence-electron chi connectivity index (χ0n) is 12.5. The quantitative estimate of drug-likeness (QED) is 0.855. The standard InChI is InChI=1S/C14H26N2O3/c1-14(2,3)11-5-9-16(10-6-11)13(19)15(4)8-7-12(17)18/h11H,5-10H2,1-4H3,(H,17,18). The lowest BCUT2D eigenvalue weighted by molar-refractivity contribution is -0.137. The highest BCUT2D eigenvalue weighted by molar-refractivity contribution is 5.75. The summed E-state index contributed by atoms with van der Waals surface area (Å²) in [6.07, 6.45) is 2.06. The third kappa shape index (κ3) is 4.73. The number of nitrogens with zero attached hydrogens (tertiary/aromatic N) is 2. The lowest BCUT2D eigenvalue weighted by atomic mass is 9.75. The minimum atomic E-state index is -0.869.